The summed E-state index contributed by atoms with van der Waals surface area (Å²) in [4.78, 5) is 14.5. The zero-order valence-electron chi connectivity index (χ0n) is 10.5. The van der Waals surface area contributed by atoms with Gasteiger partial charge in [-0.2, -0.15) is 0 Å². The maximum absolute atomic E-state index is 14.2. The zero-order chi connectivity index (χ0) is 15.7. The van der Waals surface area contributed by atoms with Crippen molar-refractivity contribution in [2.24, 2.45) is 0 Å². The zero-order valence-corrected chi connectivity index (χ0v) is 12.0. The molecule has 0 amide bonds. The van der Waals surface area contributed by atoms with Crippen molar-refractivity contribution in [3.63, 3.8) is 0 Å². The van der Waals surface area contributed by atoms with Crippen LogP contribution in [0.5, 0.6) is 5.75 Å². The third kappa shape index (κ3) is 2.77. The number of halogens is 4. The van der Waals surface area contributed by atoms with Crippen LogP contribution in [0.3, 0.4) is 0 Å². The molecule has 2 aromatic rings. The number of aromatic nitrogens is 1. The minimum atomic E-state index is -1.42. The molecule has 0 saturated carbocycles. The maximum Gasteiger partial charge on any atom is 0.354 e. The number of benzene rings is 1. The van der Waals surface area contributed by atoms with Gasteiger partial charge in [0.2, 0.25) is 0 Å². The van der Waals surface area contributed by atoms with Crippen LogP contribution in [-0.4, -0.2) is 23.2 Å². The molecule has 110 valence electrons. The molecule has 2 rings (SSSR count). The van der Waals surface area contributed by atoms with Gasteiger partial charge in [0.15, 0.2) is 17.3 Å². The lowest BCUT2D eigenvalue weighted by Crippen LogP contribution is -2.04. The number of carbonyl (C=O) groups is 1. The summed E-state index contributed by atoms with van der Waals surface area (Å²) in [5, 5.41) is 8.04. The third-order valence-corrected chi connectivity index (χ3v) is 3.28. The van der Waals surface area contributed by atoms with Crippen molar-refractivity contribution in [3.8, 4) is 17.0 Å². The molecule has 0 saturated heterocycles. The van der Waals surface area contributed by atoms with Gasteiger partial charge in [-0.1, -0.05) is 23.2 Å². The lowest BCUT2D eigenvalue weighted by molar-refractivity contribution is 0.0690. The molecule has 0 atom stereocenters. The highest BCUT2D eigenvalue weighted by atomic mass is 35.5. The van der Waals surface area contributed by atoms with Crippen molar-refractivity contribution in [3.05, 3.63) is 45.6 Å². The molecule has 1 aromatic carbocycles. The minimum absolute atomic E-state index is 0.0545. The molecule has 1 aromatic heterocycles. The second-order valence-electron chi connectivity index (χ2n) is 3.90. The van der Waals surface area contributed by atoms with Crippen LogP contribution < -0.4 is 4.74 Å². The summed E-state index contributed by atoms with van der Waals surface area (Å²) >= 11 is 11.3. The molecule has 0 spiro atoms. The quantitative estimate of drug-likeness (QED) is 0.920. The lowest BCUT2D eigenvalue weighted by atomic mass is 10.1. The average molecular weight is 334 g/mol. The van der Waals surface area contributed by atoms with Gasteiger partial charge in [-0.15, -0.1) is 0 Å². The third-order valence-electron chi connectivity index (χ3n) is 2.65. The Bertz CT molecular complexity index is 738. The standard InChI is InChI=1S/C13H7Cl2F2NO3/c1-21-8-3-2-5(10(16)9(8)15)12-11(17)6(14)4-7(18-12)13(19)20/h2-4H,1H3,(H,19,20). The van der Waals surface area contributed by atoms with Gasteiger partial charge < -0.3 is 9.84 Å². The Hall–Kier alpha value is -1.92. The summed E-state index contributed by atoms with van der Waals surface area (Å²) in [6.45, 7) is 0. The smallest absolute Gasteiger partial charge is 0.354 e. The number of methoxy groups -OCH3 is 1. The van der Waals surface area contributed by atoms with Crippen molar-refractivity contribution >= 4 is 29.2 Å². The van der Waals surface area contributed by atoms with Crippen LogP contribution in [-0.2, 0) is 0 Å². The molecule has 0 fully saturated rings. The van der Waals surface area contributed by atoms with E-state index in [1.807, 2.05) is 0 Å². The largest absolute Gasteiger partial charge is 0.495 e. The molecule has 1 heterocycles. The van der Waals surface area contributed by atoms with Crippen LogP contribution in [0, 0.1) is 11.6 Å². The number of carboxylic acid groups (broad SMARTS) is 1. The topological polar surface area (TPSA) is 59.4 Å². The molecule has 8 heteroatoms. The molecule has 0 aliphatic carbocycles. The number of pyridine rings is 1. The molecule has 1 N–H and O–H groups in total. The summed E-state index contributed by atoms with van der Waals surface area (Å²) in [5.74, 6) is -3.39. The van der Waals surface area contributed by atoms with E-state index in [4.69, 9.17) is 33.0 Å². The molecule has 0 radical (unpaired) electrons. The van der Waals surface area contributed by atoms with E-state index in [1.165, 1.54) is 19.2 Å². The number of hydrogen-bond donors (Lipinski definition) is 1. The first-order valence-electron chi connectivity index (χ1n) is 5.48. The SMILES string of the molecule is COc1ccc(-c2nc(C(=O)O)cc(Cl)c2F)c(F)c1Cl. The highest BCUT2D eigenvalue weighted by Gasteiger charge is 2.21. The van der Waals surface area contributed by atoms with Gasteiger partial charge >= 0.3 is 5.97 Å². The van der Waals surface area contributed by atoms with Gasteiger partial charge in [0, 0.05) is 5.56 Å². The van der Waals surface area contributed by atoms with Gasteiger partial charge in [-0.05, 0) is 18.2 Å². The van der Waals surface area contributed by atoms with Crippen LogP contribution in [0.2, 0.25) is 10.0 Å². The van der Waals surface area contributed by atoms with E-state index < -0.39 is 34.0 Å². The van der Waals surface area contributed by atoms with Crippen molar-refractivity contribution in [1.29, 1.82) is 0 Å². The summed E-state index contributed by atoms with van der Waals surface area (Å²) in [6, 6.07) is 3.32. The Morgan fingerprint density at radius 2 is 1.95 bits per heavy atom. The van der Waals surface area contributed by atoms with E-state index in [0.29, 0.717) is 0 Å². The summed E-state index contributed by atoms with van der Waals surface area (Å²) in [7, 11) is 1.29. The lowest BCUT2D eigenvalue weighted by Gasteiger charge is -2.10. The first kappa shape index (κ1) is 15.5. The van der Waals surface area contributed by atoms with Crippen LogP contribution in [0.25, 0.3) is 11.3 Å². The van der Waals surface area contributed by atoms with E-state index in [9.17, 15) is 13.6 Å². The second kappa shape index (κ2) is 5.83. The Balaban J connectivity index is 2.72. The summed E-state index contributed by atoms with van der Waals surface area (Å²) < 4.78 is 33.0. The molecule has 0 bridgehead atoms. The molecule has 0 aliphatic rings. The maximum atomic E-state index is 14.2. The molecule has 0 unspecified atom stereocenters. The van der Waals surface area contributed by atoms with Gasteiger partial charge in [0.05, 0.1) is 12.1 Å². The number of aromatic carboxylic acids is 1. The van der Waals surface area contributed by atoms with E-state index in [-0.39, 0.29) is 16.3 Å². The number of hydrogen-bond acceptors (Lipinski definition) is 3. The predicted octanol–water partition coefficient (Wildman–Crippen LogP) is 4.04. The Labute approximate surface area is 127 Å². The fourth-order valence-electron chi connectivity index (χ4n) is 1.66. The monoisotopic (exact) mass is 333 g/mol. The molecular weight excluding hydrogens is 327 g/mol. The fourth-order valence-corrected chi connectivity index (χ4v) is 2.09. The summed E-state index contributed by atoms with van der Waals surface area (Å²) in [6.07, 6.45) is 0. The van der Waals surface area contributed by atoms with Gasteiger partial charge in [0.25, 0.3) is 0 Å². The van der Waals surface area contributed by atoms with Gasteiger partial charge in [-0.3, -0.25) is 0 Å². The second-order valence-corrected chi connectivity index (χ2v) is 4.69. The van der Waals surface area contributed by atoms with Crippen molar-refractivity contribution in [2.45, 2.75) is 0 Å². The Morgan fingerprint density at radius 3 is 2.52 bits per heavy atom. The number of rotatable bonds is 3. The highest BCUT2D eigenvalue weighted by molar-refractivity contribution is 6.32. The predicted molar refractivity (Wildman–Crippen MR) is 73.1 cm³/mol. The van der Waals surface area contributed by atoms with Crippen LogP contribution in [0.1, 0.15) is 10.5 Å². The van der Waals surface area contributed by atoms with Crippen molar-refractivity contribution in [1.82, 2.24) is 4.98 Å². The Kier molecular flexibility index (Phi) is 4.29. The fraction of sp³-hybridized carbons (Fsp3) is 0.0769. The average Bonchev–Trinajstić information content (AvgIpc) is 2.45. The number of ether oxygens (including phenoxy) is 1. The van der Waals surface area contributed by atoms with Crippen molar-refractivity contribution in [2.75, 3.05) is 7.11 Å². The van der Waals surface area contributed by atoms with Crippen LogP contribution in [0.4, 0.5) is 8.78 Å². The molecular formula is C13H7Cl2F2NO3. The number of carboxylic acids is 1. The number of nitrogens with zero attached hydrogens (tertiary/aromatic N) is 1. The van der Waals surface area contributed by atoms with E-state index in [2.05, 4.69) is 4.98 Å². The molecule has 4 nitrogen and oxygen atoms in total. The highest BCUT2D eigenvalue weighted by Crippen LogP contribution is 2.36. The van der Waals surface area contributed by atoms with E-state index in [0.717, 1.165) is 6.07 Å². The van der Waals surface area contributed by atoms with Crippen molar-refractivity contribution < 1.29 is 23.4 Å². The van der Waals surface area contributed by atoms with E-state index in [1.54, 1.807) is 0 Å². The first-order chi connectivity index (χ1) is 9.86. The molecule has 21 heavy (non-hydrogen) atoms. The van der Waals surface area contributed by atoms with Gasteiger partial charge in [0.1, 0.15) is 16.5 Å². The van der Waals surface area contributed by atoms with Crippen LogP contribution in [0.15, 0.2) is 18.2 Å². The Morgan fingerprint density at radius 1 is 1.29 bits per heavy atom. The summed E-state index contributed by atoms with van der Waals surface area (Å²) in [5.41, 5.74) is -1.37. The normalized spacial score (nSPS) is 10.5. The molecule has 0 aliphatic heterocycles. The minimum Gasteiger partial charge on any atom is -0.495 e. The van der Waals surface area contributed by atoms with E-state index >= 15 is 0 Å². The van der Waals surface area contributed by atoms with Gasteiger partial charge in [-0.25, -0.2) is 18.6 Å². The van der Waals surface area contributed by atoms with Crippen LogP contribution >= 0.6 is 23.2 Å². The first-order valence-corrected chi connectivity index (χ1v) is 6.24.